The molecule has 1 aromatic heterocycles. The van der Waals surface area contributed by atoms with E-state index in [9.17, 15) is 15.2 Å². The summed E-state index contributed by atoms with van der Waals surface area (Å²) in [6.45, 7) is 7.27. The molecule has 0 aliphatic heterocycles. The van der Waals surface area contributed by atoms with Crippen LogP contribution in [-0.4, -0.2) is 26.3 Å². The van der Waals surface area contributed by atoms with Gasteiger partial charge in [0.1, 0.15) is 12.6 Å². The molecule has 11 atom stereocenters. The van der Waals surface area contributed by atoms with Gasteiger partial charge in [-0.1, -0.05) is 13.8 Å². The lowest BCUT2D eigenvalue weighted by atomic mass is 9.47. The first kappa shape index (κ1) is 22.5. The van der Waals surface area contributed by atoms with Crippen molar-refractivity contribution in [1.82, 2.24) is 9.78 Å². The van der Waals surface area contributed by atoms with Crippen LogP contribution in [0.2, 0.25) is 0 Å². The van der Waals surface area contributed by atoms with Crippen molar-refractivity contribution >= 4 is 5.78 Å². The summed E-state index contributed by atoms with van der Waals surface area (Å²) in [4.78, 5) is 14.0. The summed E-state index contributed by atoms with van der Waals surface area (Å²) < 4.78 is 1.89. The molecule has 0 bridgehead atoms. The van der Waals surface area contributed by atoms with Gasteiger partial charge in [0, 0.05) is 11.8 Å². The molecule has 35 heavy (non-hydrogen) atoms. The fourth-order valence-corrected chi connectivity index (χ4v) is 10.7. The topological polar surface area (TPSA) is 78.9 Å². The minimum Gasteiger partial charge on any atom is -0.390 e. The quantitative estimate of drug-likeness (QED) is 0.639. The van der Waals surface area contributed by atoms with Gasteiger partial charge in [0.2, 0.25) is 0 Å². The number of nitrogens with zero attached hydrogens (tertiary/aromatic N) is 3. The Morgan fingerprint density at radius 2 is 1.89 bits per heavy atom. The molecule has 0 saturated heterocycles. The highest BCUT2D eigenvalue weighted by atomic mass is 16.3. The van der Waals surface area contributed by atoms with Gasteiger partial charge in [0.05, 0.1) is 23.1 Å². The molecule has 0 aromatic carbocycles. The van der Waals surface area contributed by atoms with E-state index in [0.29, 0.717) is 47.5 Å². The molecule has 0 radical (unpaired) electrons. The number of carbonyl (C=O) groups is 1. The number of carbonyl (C=O) groups excluding carboxylic acids is 1. The lowest BCUT2D eigenvalue weighted by Gasteiger charge is -2.58. The molecule has 6 aliphatic carbocycles. The van der Waals surface area contributed by atoms with E-state index in [2.05, 4.69) is 25.0 Å². The fraction of sp³-hybridized carbons (Fsp3) is 0.833. The van der Waals surface area contributed by atoms with Crippen molar-refractivity contribution in [3.8, 4) is 6.07 Å². The number of hydrogen-bond donors (Lipinski definition) is 1. The first-order valence-corrected chi connectivity index (χ1v) is 14.4. The molecule has 5 heteroatoms. The summed E-state index contributed by atoms with van der Waals surface area (Å²) >= 11 is 0. The Morgan fingerprint density at radius 1 is 1.11 bits per heavy atom. The third-order valence-electron chi connectivity index (χ3n) is 12.2. The minimum atomic E-state index is -0.463. The van der Waals surface area contributed by atoms with E-state index in [1.807, 2.05) is 11.6 Å². The minimum absolute atomic E-state index is 0.123. The average molecular weight is 476 g/mol. The van der Waals surface area contributed by atoms with Crippen LogP contribution < -0.4 is 0 Å². The Bertz CT molecular complexity index is 1100. The van der Waals surface area contributed by atoms with Crippen LogP contribution >= 0.6 is 0 Å². The number of aliphatic hydroxyl groups is 1. The third-order valence-corrected chi connectivity index (χ3v) is 12.2. The first-order valence-electron chi connectivity index (χ1n) is 14.4. The van der Waals surface area contributed by atoms with Gasteiger partial charge in [-0.25, -0.2) is 0 Å². The molecule has 0 amide bonds. The highest BCUT2D eigenvalue weighted by Crippen LogP contribution is 2.77. The Balaban J connectivity index is 1.15. The van der Waals surface area contributed by atoms with Gasteiger partial charge in [-0.3, -0.25) is 9.48 Å². The van der Waals surface area contributed by atoms with Crippen molar-refractivity contribution in [3.63, 3.8) is 0 Å². The number of hydrogen-bond acceptors (Lipinski definition) is 4. The monoisotopic (exact) mass is 475 g/mol. The lowest BCUT2D eigenvalue weighted by Crippen LogP contribution is -2.52. The van der Waals surface area contributed by atoms with Crippen LogP contribution in [0.15, 0.2) is 6.20 Å². The van der Waals surface area contributed by atoms with E-state index in [-0.39, 0.29) is 11.3 Å². The standard InChI is InChI=1S/C30H41N3O2/c1-16-24-25(16)27(23(34)15-33-28(17-4-5-17)19(13-31)14-32-33)30(3)11-9-21-20-8-10-29(2,35)12-18(20)6-7-22(21)26(24)30/h14,16-18,20-22,24-27,35H,4-12,15H2,1-3H3/t16-,18+,20-,21+,22+,24?,25-,26+,27-,29+,30-/m0/s1. The van der Waals surface area contributed by atoms with Gasteiger partial charge < -0.3 is 5.11 Å². The van der Waals surface area contributed by atoms with Gasteiger partial charge in [-0.2, -0.15) is 10.4 Å². The number of ketones is 1. The fourth-order valence-electron chi connectivity index (χ4n) is 10.7. The molecule has 6 saturated carbocycles. The number of Topliss-reactive ketones (excluding diaryl/α,β-unsaturated/α-hetero) is 1. The van der Waals surface area contributed by atoms with Crippen LogP contribution in [0.3, 0.4) is 0 Å². The van der Waals surface area contributed by atoms with E-state index in [4.69, 9.17) is 0 Å². The number of aromatic nitrogens is 2. The molecule has 1 unspecified atom stereocenters. The Kier molecular flexibility index (Phi) is 4.78. The zero-order valence-corrected chi connectivity index (χ0v) is 21.6. The highest BCUT2D eigenvalue weighted by molar-refractivity contribution is 5.83. The maximum atomic E-state index is 14.0. The summed E-state index contributed by atoms with van der Waals surface area (Å²) in [5, 5.41) is 24.8. The largest absolute Gasteiger partial charge is 0.390 e. The van der Waals surface area contributed by atoms with Gasteiger partial charge in [-0.15, -0.1) is 0 Å². The molecular weight excluding hydrogens is 434 g/mol. The Labute approximate surface area is 209 Å². The molecule has 1 heterocycles. The van der Waals surface area contributed by atoms with Gasteiger partial charge >= 0.3 is 0 Å². The summed E-state index contributed by atoms with van der Waals surface area (Å²) in [6.07, 6.45) is 12.1. The zero-order valence-electron chi connectivity index (χ0n) is 21.6. The molecule has 7 rings (SSSR count). The van der Waals surface area contributed by atoms with Gasteiger partial charge in [0.15, 0.2) is 5.78 Å². The maximum Gasteiger partial charge on any atom is 0.158 e. The van der Waals surface area contributed by atoms with Crippen LogP contribution in [-0.2, 0) is 11.3 Å². The summed E-state index contributed by atoms with van der Waals surface area (Å²) in [6, 6.07) is 2.31. The van der Waals surface area contributed by atoms with Crippen LogP contribution in [0.25, 0.3) is 0 Å². The average Bonchev–Trinajstić information content (AvgIpc) is 3.69. The van der Waals surface area contributed by atoms with Crippen molar-refractivity contribution in [1.29, 1.82) is 5.26 Å². The molecule has 6 aliphatic rings. The van der Waals surface area contributed by atoms with E-state index in [1.54, 1.807) is 6.20 Å². The van der Waals surface area contributed by atoms with E-state index >= 15 is 0 Å². The van der Waals surface area contributed by atoms with Crippen LogP contribution in [0, 0.1) is 70.0 Å². The summed E-state index contributed by atoms with van der Waals surface area (Å²) in [5.41, 5.74) is 1.33. The van der Waals surface area contributed by atoms with Crippen molar-refractivity contribution in [2.24, 2.45) is 58.7 Å². The second-order valence-corrected chi connectivity index (χ2v) is 14.1. The highest BCUT2D eigenvalue weighted by Gasteiger charge is 2.74. The van der Waals surface area contributed by atoms with Crippen LogP contribution in [0.5, 0.6) is 0 Å². The van der Waals surface area contributed by atoms with Crippen molar-refractivity contribution in [2.75, 3.05) is 0 Å². The smallest absolute Gasteiger partial charge is 0.158 e. The van der Waals surface area contributed by atoms with Crippen LogP contribution in [0.1, 0.15) is 95.7 Å². The second-order valence-electron chi connectivity index (χ2n) is 14.1. The molecule has 1 N–H and O–H groups in total. The first-order chi connectivity index (χ1) is 16.7. The van der Waals surface area contributed by atoms with Crippen molar-refractivity contribution in [2.45, 2.75) is 96.6 Å². The predicted molar refractivity (Wildman–Crippen MR) is 132 cm³/mol. The normalized spacial score (nSPS) is 49.9. The zero-order chi connectivity index (χ0) is 24.3. The molecule has 188 valence electrons. The third kappa shape index (κ3) is 3.20. The maximum absolute atomic E-state index is 14.0. The van der Waals surface area contributed by atoms with E-state index < -0.39 is 5.60 Å². The summed E-state index contributed by atoms with van der Waals surface area (Å²) in [7, 11) is 0. The Hall–Kier alpha value is -1.67. The van der Waals surface area contributed by atoms with Gasteiger partial charge in [0.25, 0.3) is 0 Å². The molecule has 1 aromatic rings. The molecule has 6 fully saturated rings. The van der Waals surface area contributed by atoms with Crippen molar-refractivity contribution < 1.29 is 9.90 Å². The van der Waals surface area contributed by atoms with Crippen LogP contribution in [0.4, 0.5) is 0 Å². The molecular formula is C30H41N3O2. The predicted octanol–water partition coefficient (Wildman–Crippen LogP) is 5.32. The van der Waals surface area contributed by atoms with Gasteiger partial charge in [-0.05, 0) is 117 Å². The molecule has 5 nitrogen and oxygen atoms in total. The SMILES string of the molecule is C[C@H]1C2[C@H]1[C@H](C(=O)Cn1ncc(C#N)c1C1CC1)[C@@]1(C)CC[C@H]3[C@@H](CC[C@@H]4C[C@](C)(O)CC[C@@H]43)[C@H]21. The van der Waals surface area contributed by atoms with Crippen molar-refractivity contribution in [3.05, 3.63) is 17.5 Å². The number of rotatable bonds is 4. The number of fused-ring (bicyclic) bond motifs is 7. The number of nitriles is 1. The Morgan fingerprint density at radius 3 is 2.63 bits per heavy atom. The summed E-state index contributed by atoms with van der Waals surface area (Å²) in [5.74, 6) is 6.64. The van der Waals surface area contributed by atoms with E-state index in [1.165, 1.54) is 32.1 Å². The second kappa shape index (κ2) is 7.44. The lowest BCUT2D eigenvalue weighted by molar-refractivity contribution is -0.137. The van der Waals surface area contributed by atoms with E-state index in [0.717, 1.165) is 55.0 Å². The molecule has 0 spiro atoms.